The third kappa shape index (κ3) is 5.28. The summed E-state index contributed by atoms with van der Waals surface area (Å²) in [5.41, 5.74) is 0. The topological polar surface area (TPSA) is 24.5 Å². The second kappa shape index (κ2) is 8.04. The second-order valence-electron chi connectivity index (χ2n) is 5.14. The zero-order valence-electron chi connectivity index (χ0n) is 11.2. The molecule has 0 aromatic carbocycles. The highest BCUT2D eigenvalue weighted by Crippen LogP contribution is 2.15. The summed E-state index contributed by atoms with van der Waals surface area (Å²) in [5.74, 6) is 0.790. The van der Waals surface area contributed by atoms with Crippen molar-refractivity contribution in [2.24, 2.45) is 5.92 Å². The summed E-state index contributed by atoms with van der Waals surface area (Å²) >= 11 is 0. The van der Waals surface area contributed by atoms with Gasteiger partial charge in [0.1, 0.15) is 0 Å². The predicted octanol–water partition coefficient (Wildman–Crippen LogP) is 1.73. The molecule has 1 heterocycles. The monoisotopic (exact) mass is 228 g/mol. The van der Waals surface area contributed by atoms with Crippen LogP contribution < -0.4 is 5.32 Å². The van der Waals surface area contributed by atoms with E-state index in [2.05, 4.69) is 24.2 Å². The Bertz CT molecular complexity index is 175. The maximum Gasteiger partial charge on any atom is 0.0462 e. The summed E-state index contributed by atoms with van der Waals surface area (Å²) < 4.78 is 5.04. The van der Waals surface area contributed by atoms with Gasteiger partial charge in [-0.3, -0.25) is 0 Å². The standard InChI is InChI=1S/C13H28N2O/c1-12-11-15(2)9-7-13(12)14-8-5-4-6-10-16-3/h12-14H,4-11H2,1-3H3. The molecule has 1 rings (SSSR count). The summed E-state index contributed by atoms with van der Waals surface area (Å²) in [6.45, 7) is 6.92. The molecule has 0 aromatic heterocycles. The molecule has 1 saturated heterocycles. The molecule has 0 saturated carbocycles. The molecule has 96 valence electrons. The van der Waals surface area contributed by atoms with Crippen LogP contribution in [0, 0.1) is 5.92 Å². The van der Waals surface area contributed by atoms with Crippen molar-refractivity contribution in [1.82, 2.24) is 10.2 Å². The van der Waals surface area contributed by atoms with Gasteiger partial charge in [-0.1, -0.05) is 6.92 Å². The first-order valence-electron chi connectivity index (χ1n) is 6.65. The van der Waals surface area contributed by atoms with Crippen LogP contribution in [0.5, 0.6) is 0 Å². The van der Waals surface area contributed by atoms with Crippen molar-refractivity contribution in [3.8, 4) is 0 Å². The summed E-state index contributed by atoms with van der Waals surface area (Å²) in [7, 11) is 4.00. The minimum Gasteiger partial charge on any atom is -0.385 e. The van der Waals surface area contributed by atoms with Crippen molar-refractivity contribution in [3.63, 3.8) is 0 Å². The minimum absolute atomic E-state index is 0.735. The van der Waals surface area contributed by atoms with Gasteiger partial charge in [-0.25, -0.2) is 0 Å². The van der Waals surface area contributed by atoms with Crippen molar-refractivity contribution in [1.29, 1.82) is 0 Å². The molecule has 1 fully saturated rings. The molecule has 16 heavy (non-hydrogen) atoms. The average molecular weight is 228 g/mol. The van der Waals surface area contributed by atoms with Gasteiger partial charge in [0.2, 0.25) is 0 Å². The fourth-order valence-corrected chi connectivity index (χ4v) is 2.49. The smallest absolute Gasteiger partial charge is 0.0462 e. The summed E-state index contributed by atoms with van der Waals surface area (Å²) in [5, 5.41) is 3.70. The Balaban J connectivity index is 2.00. The van der Waals surface area contributed by atoms with E-state index in [9.17, 15) is 0 Å². The fraction of sp³-hybridized carbons (Fsp3) is 1.00. The number of rotatable bonds is 7. The Morgan fingerprint density at radius 2 is 2.12 bits per heavy atom. The van der Waals surface area contributed by atoms with Crippen LogP contribution in [0.3, 0.4) is 0 Å². The first-order chi connectivity index (χ1) is 7.74. The van der Waals surface area contributed by atoms with Crippen LogP contribution in [0.1, 0.15) is 32.6 Å². The van der Waals surface area contributed by atoms with Gasteiger partial charge < -0.3 is 15.0 Å². The molecule has 0 aliphatic carbocycles. The largest absolute Gasteiger partial charge is 0.385 e. The molecule has 0 spiro atoms. The Hall–Kier alpha value is -0.120. The zero-order valence-corrected chi connectivity index (χ0v) is 11.2. The molecule has 1 aliphatic heterocycles. The summed E-state index contributed by atoms with van der Waals surface area (Å²) in [6.07, 6.45) is 5.06. The number of ether oxygens (including phenoxy) is 1. The van der Waals surface area contributed by atoms with Crippen LogP contribution in [-0.4, -0.2) is 51.3 Å². The lowest BCUT2D eigenvalue weighted by Gasteiger charge is -2.35. The molecule has 3 heteroatoms. The number of piperidine rings is 1. The SMILES string of the molecule is COCCCCCNC1CCN(C)CC1C. The number of nitrogens with zero attached hydrogens (tertiary/aromatic N) is 1. The quantitative estimate of drug-likeness (QED) is 0.672. The summed E-state index contributed by atoms with van der Waals surface area (Å²) in [6, 6.07) is 0.735. The van der Waals surface area contributed by atoms with Crippen LogP contribution in [0.15, 0.2) is 0 Å². The number of methoxy groups -OCH3 is 1. The van der Waals surface area contributed by atoms with E-state index >= 15 is 0 Å². The Kier molecular flexibility index (Phi) is 7.01. The molecule has 0 amide bonds. The van der Waals surface area contributed by atoms with E-state index in [0.717, 1.165) is 18.6 Å². The van der Waals surface area contributed by atoms with Crippen molar-refractivity contribution < 1.29 is 4.74 Å². The Labute approximate surface area is 101 Å². The van der Waals surface area contributed by atoms with Crippen LogP contribution in [-0.2, 0) is 4.74 Å². The van der Waals surface area contributed by atoms with Crippen LogP contribution in [0.2, 0.25) is 0 Å². The van der Waals surface area contributed by atoms with Crippen molar-refractivity contribution >= 4 is 0 Å². The highest BCUT2D eigenvalue weighted by molar-refractivity contribution is 4.81. The number of hydrogen-bond donors (Lipinski definition) is 1. The lowest BCUT2D eigenvalue weighted by Crippen LogP contribution is -2.47. The molecule has 1 N–H and O–H groups in total. The Morgan fingerprint density at radius 3 is 2.81 bits per heavy atom. The molecule has 0 aromatic rings. The van der Waals surface area contributed by atoms with Gasteiger partial charge in [0.05, 0.1) is 0 Å². The van der Waals surface area contributed by atoms with Gasteiger partial charge in [-0.2, -0.15) is 0 Å². The van der Waals surface area contributed by atoms with Gasteiger partial charge in [0.25, 0.3) is 0 Å². The summed E-state index contributed by atoms with van der Waals surface area (Å²) in [4.78, 5) is 2.43. The van der Waals surface area contributed by atoms with E-state index in [4.69, 9.17) is 4.74 Å². The van der Waals surface area contributed by atoms with Gasteiger partial charge >= 0.3 is 0 Å². The van der Waals surface area contributed by atoms with E-state index < -0.39 is 0 Å². The van der Waals surface area contributed by atoms with E-state index in [1.165, 1.54) is 45.3 Å². The highest BCUT2D eigenvalue weighted by atomic mass is 16.5. The first-order valence-corrected chi connectivity index (χ1v) is 6.65. The molecular formula is C13H28N2O. The highest BCUT2D eigenvalue weighted by Gasteiger charge is 2.22. The molecule has 0 radical (unpaired) electrons. The molecule has 2 atom stereocenters. The van der Waals surface area contributed by atoms with Crippen molar-refractivity contribution in [2.45, 2.75) is 38.6 Å². The molecule has 1 aliphatic rings. The van der Waals surface area contributed by atoms with E-state index in [1.807, 2.05) is 0 Å². The van der Waals surface area contributed by atoms with Gasteiger partial charge in [-0.15, -0.1) is 0 Å². The Morgan fingerprint density at radius 1 is 1.31 bits per heavy atom. The average Bonchev–Trinajstić information content (AvgIpc) is 2.26. The third-order valence-corrected chi connectivity index (χ3v) is 3.54. The molecule has 0 bridgehead atoms. The lowest BCUT2D eigenvalue weighted by atomic mass is 9.94. The van der Waals surface area contributed by atoms with E-state index in [1.54, 1.807) is 7.11 Å². The third-order valence-electron chi connectivity index (χ3n) is 3.54. The maximum atomic E-state index is 5.04. The normalized spacial score (nSPS) is 27.2. The number of likely N-dealkylation sites (tertiary alicyclic amines) is 1. The minimum atomic E-state index is 0.735. The molecule has 3 nitrogen and oxygen atoms in total. The van der Waals surface area contributed by atoms with Gasteiger partial charge in [-0.05, 0) is 51.7 Å². The van der Waals surface area contributed by atoms with Gasteiger partial charge in [0, 0.05) is 26.3 Å². The maximum absolute atomic E-state index is 5.04. The first kappa shape index (κ1) is 13.9. The number of unbranched alkanes of at least 4 members (excludes halogenated alkanes) is 2. The van der Waals surface area contributed by atoms with Crippen LogP contribution in [0.4, 0.5) is 0 Å². The number of hydrogen-bond acceptors (Lipinski definition) is 3. The molecule has 2 unspecified atom stereocenters. The van der Waals surface area contributed by atoms with Crippen LogP contribution in [0.25, 0.3) is 0 Å². The van der Waals surface area contributed by atoms with Crippen molar-refractivity contribution in [2.75, 3.05) is 40.4 Å². The van der Waals surface area contributed by atoms with Crippen LogP contribution >= 0.6 is 0 Å². The van der Waals surface area contributed by atoms with E-state index in [-0.39, 0.29) is 0 Å². The predicted molar refractivity (Wildman–Crippen MR) is 68.8 cm³/mol. The second-order valence-corrected chi connectivity index (χ2v) is 5.14. The zero-order chi connectivity index (χ0) is 11.8. The lowest BCUT2D eigenvalue weighted by molar-refractivity contribution is 0.173. The van der Waals surface area contributed by atoms with E-state index in [0.29, 0.717) is 0 Å². The van der Waals surface area contributed by atoms with Gasteiger partial charge in [0.15, 0.2) is 0 Å². The number of nitrogens with one attached hydrogen (secondary N) is 1. The fourth-order valence-electron chi connectivity index (χ4n) is 2.49. The molecular weight excluding hydrogens is 200 g/mol. The van der Waals surface area contributed by atoms with Crippen molar-refractivity contribution in [3.05, 3.63) is 0 Å².